The number of nitrogens with two attached hydrogens (primary N) is 1. The van der Waals surface area contributed by atoms with Crippen LogP contribution in [0.3, 0.4) is 0 Å². The van der Waals surface area contributed by atoms with Crippen molar-refractivity contribution in [1.29, 1.82) is 0 Å². The summed E-state index contributed by atoms with van der Waals surface area (Å²) in [5.41, 5.74) is 5.99. The van der Waals surface area contributed by atoms with Crippen molar-refractivity contribution in [3.8, 4) is 0 Å². The highest BCUT2D eigenvalue weighted by molar-refractivity contribution is 6.21. The summed E-state index contributed by atoms with van der Waals surface area (Å²) in [6, 6.07) is 6.84. The maximum atomic E-state index is 12.0. The Bertz CT molecular complexity index is 490. The predicted molar refractivity (Wildman–Crippen MR) is 69.5 cm³/mol. The first kappa shape index (κ1) is 13.3. The maximum absolute atomic E-state index is 12.0. The number of nitrogens with zero attached hydrogens (tertiary/aromatic N) is 1. The minimum absolute atomic E-state index is 0.226. The highest BCUT2D eigenvalue weighted by Crippen LogP contribution is 2.22. The van der Waals surface area contributed by atoms with Crippen molar-refractivity contribution in [3.05, 3.63) is 35.4 Å². The Labute approximate surface area is 111 Å². The van der Waals surface area contributed by atoms with Crippen molar-refractivity contribution >= 4 is 17.7 Å². The first-order valence-corrected chi connectivity index (χ1v) is 6.35. The fraction of sp³-hybridized carbons (Fsp3) is 0.357. The molecular weight excluding hydrogens is 244 g/mol. The van der Waals surface area contributed by atoms with Crippen molar-refractivity contribution in [1.82, 2.24) is 4.90 Å². The summed E-state index contributed by atoms with van der Waals surface area (Å²) in [5, 5.41) is 0. The number of hydrogen-bond acceptors (Lipinski definition) is 3. The zero-order valence-electron chi connectivity index (χ0n) is 10.6. The van der Waals surface area contributed by atoms with Gasteiger partial charge in [0.05, 0.1) is 11.1 Å². The second-order valence-corrected chi connectivity index (χ2v) is 4.58. The van der Waals surface area contributed by atoms with Gasteiger partial charge in [-0.2, -0.15) is 0 Å². The Kier molecular flexibility index (Phi) is 3.94. The lowest BCUT2D eigenvalue weighted by Gasteiger charge is -2.13. The Hall–Kier alpha value is -2.17. The molecule has 100 valence electrons. The van der Waals surface area contributed by atoms with Gasteiger partial charge in [-0.3, -0.25) is 19.3 Å². The van der Waals surface area contributed by atoms with E-state index in [2.05, 4.69) is 0 Å². The van der Waals surface area contributed by atoms with Crippen LogP contribution in [0.1, 0.15) is 46.4 Å². The van der Waals surface area contributed by atoms with E-state index < -0.39 is 0 Å². The van der Waals surface area contributed by atoms with Gasteiger partial charge in [-0.1, -0.05) is 18.6 Å². The largest absolute Gasteiger partial charge is 0.370 e. The van der Waals surface area contributed by atoms with Gasteiger partial charge in [-0.15, -0.1) is 0 Å². The molecule has 1 aliphatic heterocycles. The highest BCUT2D eigenvalue weighted by atomic mass is 16.2. The molecule has 1 heterocycles. The predicted octanol–water partition coefficient (Wildman–Crippen LogP) is 1.33. The fourth-order valence-electron chi connectivity index (χ4n) is 2.19. The van der Waals surface area contributed by atoms with Crippen LogP contribution in [0.5, 0.6) is 0 Å². The van der Waals surface area contributed by atoms with E-state index in [0.717, 1.165) is 6.42 Å². The molecule has 1 aliphatic rings. The van der Waals surface area contributed by atoms with E-state index in [4.69, 9.17) is 5.73 Å². The van der Waals surface area contributed by atoms with Crippen LogP contribution in [0.4, 0.5) is 0 Å². The number of hydrogen-bond donors (Lipinski definition) is 1. The van der Waals surface area contributed by atoms with E-state index in [-0.39, 0.29) is 17.7 Å². The number of carbonyl (C=O) groups is 3. The van der Waals surface area contributed by atoms with Gasteiger partial charge in [0.15, 0.2) is 0 Å². The average molecular weight is 260 g/mol. The Morgan fingerprint density at radius 1 is 1.00 bits per heavy atom. The van der Waals surface area contributed by atoms with E-state index in [1.807, 2.05) is 0 Å². The molecule has 0 fully saturated rings. The van der Waals surface area contributed by atoms with Crippen molar-refractivity contribution < 1.29 is 14.4 Å². The normalized spacial score (nSPS) is 13.8. The van der Waals surface area contributed by atoms with E-state index in [0.29, 0.717) is 36.9 Å². The molecule has 0 unspecified atom stereocenters. The molecule has 19 heavy (non-hydrogen) atoms. The molecule has 0 radical (unpaired) electrons. The van der Waals surface area contributed by atoms with Crippen LogP contribution >= 0.6 is 0 Å². The monoisotopic (exact) mass is 260 g/mol. The summed E-state index contributed by atoms with van der Waals surface area (Å²) in [4.78, 5) is 35.9. The number of carbonyl (C=O) groups excluding carboxylic acids is 3. The van der Waals surface area contributed by atoms with Crippen LogP contribution in [-0.2, 0) is 4.79 Å². The number of rotatable bonds is 6. The number of benzene rings is 1. The molecule has 0 saturated heterocycles. The summed E-state index contributed by atoms with van der Waals surface area (Å²) in [7, 11) is 0. The second-order valence-electron chi connectivity index (χ2n) is 4.58. The minimum atomic E-state index is -0.319. The summed E-state index contributed by atoms with van der Waals surface area (Å²) in [6.07, 6.45) is 2.51. The highest BCUT2D eigenvalue weighted by Gasteiger charge is 2.34. The number of imide groups is 1. The van der Waals surface area contributed by atoms with Gasteiger partial charge < -0.3 is 5.73 Å². The van der Waals surface area contributed by atoms with Crippen LogP contribution in [0.25, 0.3) is 0 Å². The number of primary amides is 1. The van der Waals surface area contributed by atoms with Gasteiger partial charge in [-0.05, 0) is 25.0 Å². The van der Waals surface area contributed by atoms with E-state index >= 15 is 0 Å². The molecular formula is C14H16N2O3. The van der Waals surface area contributed by atoms with Gasteiger partial charge >= 0.3 is 0 Å². The van der Waals surface area contributed by atoms with Crippen molar-refractivity contribution in [2.75, 3.05) is 6.54 Å². The quantitative estimate of drug-likeness (QED) is 0.619. The second kappa shape index (κ2) is 5.65. The van der Waals surface area contributed by atoms with E-state index in [1.54, 1.807) is 24.3 Å². The molecule has 5 nitrogen and oxygen atoms in total. The minimum Gasteiger partial charge on any atom is -0.370 e. The molecule has 2 N–H and O–H groups in total. The van der Waals surface area contributed by atoms with Crippen LogP contribution in [0, 0.1) is 0 Å². The SMILES string of the molecule is NC(=O)CCCCCN1C(=O)c2ccccc2C1=O. The average Bonchev–Trinajstić information content (AvgIpc) is 2.63. The van der Waals surface area contributed by atoms with Crippen LogP contribution in [-0.4, -0.2) is 29.2 Å². The Morgan fingerprint density at radius 2 is 1.58 bits per heavy atom. The Balaban J connectivity index is 1.88. The summed E-state index contributed by atoms with van der Waals surface area (Å²) in [5.74, 6) is -0.772. The van der Waals surface area contributed by atoms with Gasteiger partial charge in [0.2, 0.25) is 5.91 Å². The zero-order valence-corrected chi connectivity index (χ0v) is 10.6. The fourth-order valence-corrected chi connectivity index (χ4v) is 2.19. The standard InChI is InChI=1S/C14H16N2O3/c15-12(17)8-2-1-5-9-16-13(18)10-6-3-4-7-11(10)14(16)19/h3-4,6-7H,1-2,5,8-9H2,(H2,15,17). The van der Waals surface area contributed by atoms with Crippen molar-refractivity contribution in [3.63, 3.8) is 0 Å². The van der Waals surface area contributed by atoms with Crippen LogP contribution < -0.4 is 5.73 Å². The molecule has 2 rings (SSSR count). The number of fused-ring (bicyclic) bond motifs is 1. The Morgan fingerprint density at radius 3 is 2.11 bits per heavy atom. The van der Waals surface area contributed by atoms with Gasteiger partial charge in [0.25, 0.3) is 11.8 Å². The smallest absolute Gasteiger partial charge is 0.261 e. The lowest BCUT2D eigenvalue weighted by Crippen LogP contribution is -2.30. The molecule has 0 bridgehead atoms. The molecule has 0 aliphatic carbocycles. The topological polar surface area (TPSA) is 80.5 Å². The first-order chi connectivity index (χ1) is 9.11. The molecule has 0 atom stereocenters. The number of unbranched alkanes of at least 4 members (excludes halogenated alkanes) is 2. The van der Waals surface area contributed by atoms with Gasteiger partial charge in [-0.25, -0.2) is 0 Å². The summed E-state index contributed by atoms with van der Waals surface area (Å²) in [6.45, 7) is 0.394. The molecule has 0 saturated carbocycles. The molecule has 0 spiro atoms. The summed E-state index contributed by atoms with van der Waals surface area (Å²) >= 11 is 0. The molecule has 1 aromatic carbocycles. The molecule has 0 aromatic heterocycles. The molecule has 3 amide bonds. The maximum Gasteiger partial charge on any atom is 0.261 e. The van der Waals surface area contributed by atoms with Crippen molar-refractivity contribution in [2.24, 2.45) is 5.73 Å². The summed E-state index contributed by atoms with van der Waals surface area (Å²) < 4.78 is 0. The van der Waals surface area contributed by atoms with Crippen molar-refractivity contribution in [2.45, 2.75) is 25.7 Å². The lowest BCUT2D eigenvalue weighted by atomic mass is 10.1. The number of amides is 3. The third kappa shape index (κ3) is 2.81. The van der Waals surface area contributed by atoms with E-state index in [1.165, 1.54) is 4.90 Å². The molecule has 1 aromatic rings. The van der Waals surface area contributed by atoms with Crippen LogP contribution in [0.2, 0.25) is 0 Å². The third-order valence-electron chi connectivity index (χ3n) is 3.18. The van der Waals surface area contributed by atoms with E-state index in [9.17, 15) is 14.4 Å². The third-order valence-corrected chi connectivity index (χ3v) is 3.18. The van der Waals surface area contributed by atoms with Crippen LogP contribution in [0.15, 0.2) is 24.3 Å². The lowest BCUT2D eigenvalue weighted by molar-refractivity contribution is -0.118. The van der Waals surface area contributed by atoms with Gasteiger partial charge in [0, 0.05) is 13.0 Å². The first-order valence-electron chi connectivity index (χ1n) is 6.35. The molecule has 5 heteroatoms. The zero-order chi connectivity index (χ0) is 13.8. The van der Waals surface area contributed by atoms with Gasteiger partial charge in [0.1, 0.15) is 0 Å².